The number of fused-ring (bicyclic) bond motifs is 1. The van der Waals surface area contributed by atoms with Crippen LogP contribution in [0.2, 0.25) is 0 Å². The Balaban J connectivity index is 1.61. The zero-order valence-corrected chi connectivity index (χ0v) is 23.4. The van der Waals surface area contributed by atoms with Crippen LogP contribution < -0.4 is 25.0 Å². The lowest BCUT2D eigenvalue weighted by Gasteiger charge is -2.36. The molecule has 0 saturated carbocycles. The highest BCUT2D eigenvalue weighted by molar-refractivity contribution is 5.96. The monoisotopic (exact) mass is 569 g/mol. The predicted octanol–water partition coefficient (Wildman–Crippen LogP) is 3.69. The van der Waals surface area contributed by atoms with Crippen molar-refractivity contribution in [3.8, 4) is 22.8 Å². The molecule has 5 rings (SSSR count). The number of ether oxygens (including phenoxy) is 4. The normalized spacial score (nSPS) is 22.4. The second-order valence-electron chi connectivity index (χ2n) is 10.2. The molecule has 1 aromatic carbocycles. The summed E-state index contributed by atoms with van der Waals surface area (Å²) in [7, 11) is 2.60. The standard InChI is InChI=1S/C29H33F2N5O5/c1-6-25(37)34-21-14-40-13-20(21)33-24-8-18-17(10-32-24)7-19(35-29(18)36-11-15(2)41-16(3)12-36)26-27(30)22(38-4)9-23(39-5)28(26)31/h6-10,15-16,20-21H,1,11-14H2,2-5H3,(H,32,33)(H,34,37)/t15?,16?,20-,21+/m1/s1. The Morgan fingerprint density at radius 2 is 1.73 bits per heavy atom. The minimum absolute atomic E-state index is 0.0744. The molecule has 0 aliphatic carbocycles. The molecule has 2 fully saturated rings. The van der Waals surface area contributed by atoms with Crippen LogP contribution in [0, 0.1) is 11.6 Å². The van der Waals surface area contributed by atoms with E-state index in [9.17, 15) is 4.79 Å². The van der Waals surface area contributed by atoms with E-state index < -0.39 is 11.6 Å². The summed E-state index contributed by atoms with van der Waals surface area (Å²) in [5, 5.41) is 7.57. The van der Waals surface area contributed by atoms with Crippen LogP contribution >= 0.6 is 0 Å². The van der Waals surface area contributed by atoms with E-state index in [4.69, 9.17) is 23.9 Å². The Bertz CT molecular complexity index is 1430. The van der Waals surface area contributed by atoms with Gasteiger partial charge < -0.3 is 34.5 Å². The second kappa shape index (κ2) is 11.8. The molecule has 2 unspecified atom stereocenters. The van der Waals surface area contributed by atoms with Gasteiger partial charge >= 0.3 is 0 Å². The first-order valence-corrected chi connectivity index (χ1v) is 13.3. The molecule has 12 heteroatoms. The quantitative estimate of drug-likeness (QED) is 0.393. The predicted molar refractivity (Wildman–Crippen MR) is 151 cm³/mol. The summed E-state index contributed by atoms with van der Waals surface area (Å²) in [4.78, 5) is 23.3. The summed E-state index contributed by atoms with van der Waals surface area (Å²) in [6, 6.07) is 4.10. The first-order valence-electron chi connectivity index (χ1n) is 13.3. The number of benzene rings is 1. The summed E-state index contributed by atoms with van der Waals surface area (Å²) < 4.78 is 52.8. The molecule has 4 heterocycles. The number of methoxy groups -OCH3 is 2. The number of amides is 1. The van der Waals surface area contributed by atoms with Crippen LogP contribution in [0.1, 0.15) is 13.8 Å². The lowest BCUT2D eigenvalue weighted by Crippen LogP contribution is -2.46. The van der Waals surface area contributed by atoms with Crippen LogP contribution in [-0.4, -0.2) is 80.7 Å². The zero-order valence-electron chi connectivity index (χ0n) is 23.4. The van der Waals surface area contributed by atoms with Gasteiger partial charge in [-0.15, -0.1) is 0 Å². The first kappa shape index (κ1) is 28.5. The lowest BCUT2D eigenvalue weighted by molar-refractivity contribution is -0.117. The van der Waals surface area contributed by atoms with Crippen LogP contribution in [-0.2, 0) is 14.3 Å². The largest absolute Gasteiger partial charge is 0.494 e. The number of hydrogen-bond donors (Lipinski definition) is 2. The zero-order chi connectivity index (χ0) is 29.3. The average Bonchev–Trinajstić information content (AvgIpc) is 3.38. The van der Waals surface area contributed by atoms with Crippen molar-refractivity contribution < 1.29 is 32.5 Å². The van der Waals surface area contributed by atoms with Gasteiger partial charge in [0.1, 0.15) is 11.6 Å². The van der Waals surface area contributed by atoms with E-state index in [1.54, 1.807) is 12.3 Å². The highest BCUT2D eigenvalue weighted by atomic mass is 19.1. The van der Waals surface area contributed by atoms with E-state index in [1.807, 2.05) is 24.8 Å². The van der Waals surface area contributed by atoms with Crippen molar-refractivity contribution in [2.75, 3.05) is 50.7 Å². The van der Waals surface area contributed by atoms with E-state index >= 15 is 8.78 Å². The molecule has 2 saturated heterocycles. The number of carbonyl (C=O) groups is 1. The SMILES string of the molecule is C=CC(=O)N[C@H]1COC[C@H]1Nc1cc2c(N3CC(C)OC(C)C3)nc(-c3c(F)c(OC)cc(OC)c3F)cc2cn1. The maximum absolute atomic E-state index is 15.5. The third kappa shape index (κ3) is 5.75. The van der Waals surface area contributed by atoms with Crippen LogP contribution in [0.25, 0.3) is 22.0 Å². The summed E-state index contributed by atoms with van der Waals surface area (Å²) in [5.74, 6) is -1.31. The molecular weight excluding hydrogens is 536 g/mol. The number of pyridine rings is 2. The molecule has 2 aliphatic heterocycles. The van der Waals surface area contributed by atoms with Gasteiger partial charge in [-0.3, -0.25) is 4.79 Å². The van der Waals surface area contributed by atoms with E-state index in [0.29, 0.717) is 43.3 Å². The van der Waals surface area contributed by atoms with Crippen molar-refractivity contribution in [1.82, 2.24) is 15.3 Å². The van der Waals surface area contributed by atoms with Gasteiger partial charge in [-0.1, -0.05) is 6.58 Å². The molecule has 1 amide bonds. The highest BCUT2D eigenvalue weighted by Gasteiger charge is 2.31. The van der Waals surface area contributed by atoms with Crippen molar-refractivity contribution in [1.29, 1.82) is 0 Å². The van der Waals surface area contributed by atoms with Gasteiger partial charge in [0.05, 0.1) is 63.0 Å². The maximum Gasteiger partial charge on any atom is 0.243 e. The van der Waals surface area contributed by atoms with E-state index in [2.05, 4.69) is 22.2 Å². The molecule has 2 aromatic heterocycles. The molecule has 0 spiro atoms. The second-order valence-corrected chi connectivity index (χ2v) is 10.2. The average molecular weight is 570 g/mol. The fraction of sp³-hybridized carbons (Fsp3) is 0.414. The molecule has 10 nitrogen and oxygen atoms in total. The molecule has 2 N–H and O–H groups in total. The number of rotatable bonds is 8. The van der Waals surface area contributed by atoms with Crippen LogP contribution in [0.4, 0.5) is 20.4 Å². The fourth-order valence-corrected chi connectivity index (χ4v) is 5.31. The Morgan fingerprint density at radius 3 is 2.37 bits per heavy atom. The molecule has 3 aromatic rings. The van der Waals surface area contributed by atoms with E-state index in [0.717, 1.165) is 5.39 Å². The van der Waals surface area contributed by atoms with Gasteiger partial charge in [-0.25, -0.2) is 18.7 Å². The Morgan fingerprint density at radius 1 is 1.07 bits per heavy atom. The number of nitrogens with zero attached hydrogens (tertiary/aromatic N) is 3. The number of nitrogens with one attached hydrogen (secondary N) is 2. The summed E-state index contributed by atoms with van der Waals surface area (Å²) in [5.41, 5.74) is -0.282. The molecular formula is C29H33F2N5O5. The Kier molecular flexibility index (Phi) is 8.22. The number of aromatic nitrogens is 2. The van der Waals surface area contributed by atoms with Crippen molar-refractivity contribution in [3.63, 3.8) is 0 Å². The summed E-state index contributed by atoms with van der Waals surface area (Å²) in [6.07, 6.45) is 2.66. The number of morpholine rings is 1. The molecule has 0 bridgehead atoms. The van der Waals surface area contributed by atoms with Crippen LogP contribution in [0.5, 0.6) is 11.5 Å². The topological polar surface area (TPSA) is 107 Å². The van der Waals surface area contributed by atoms with Gasteiger partial charge in [-0.05, 0) is 32.1 Å². The van der Waals surface area contributed by atoms with Gasteiger partial charge in [0.2, 0.25) is 5.91 Å². The van der Waals surface area contributed by atoms with Gasteiger partial charge in [0.25, 0.3) is 0 Å². The van der Waals surface area contributed by atoms with E-state index in [1.165, 1.54) is 26.4 Å². The summed E-state index contributed by atoms with van der Waals surface area (Å²) >= 11 is 0. The minimum atomic E-state index is -0.882. The molecule has 218 valence electrons. The van der Waals surface area contributed by atoms with Crippen molar-refractivity contribution in [3.05, 3.63) is 48.7 Å². The molecule has 41 heavy (non-hydrogen) atoms. The Hall–Kier alpha value is -4.03. The maximum atomic E-state index is 15.5. The number of halogens is 2. The van der Waals surface area contributed by atoms with Crippen molar-refractivity contribution in [2.24, 2.45) is 0 Å². The van der Waals surface area contributed by atoms with Crippen molar-refractivity contribution in [2.45, 2.75) is 38.1 Å². The van der Waals surface area contributed by atoms with Gasteiger partial charge in [-0.2, -0.15) is 0 Å². The van der Waals surface area contributed by atoms with E-state index in [-0.39, 0.29) is 53.0 Å². The number of anilines is 2. The number of hydrogen-bond acceptors (Lipinski definition) is 9. The molecule has 4 atom stereocenters. The third-order valence-corrected chi connectivity index (χ3v) is 7.17. The Labute approximate surface area is 236 Å². The first-order chi connectivity index (χ1) is 19.7. The molecule has 0 radical (unpaired) electrons. The van der Waals surface area contributed by atoms with Crippen LogP contribution in [0.3, 0.4) is 0 Å². The lowest BCUT2D eigenvalue weighted by atomic mass is 10.0. The van der Waals surface area contributed by atoms with Gasteiger partial charge in [0.15, 0.2) is 23.1 Å². The molecule has 2 aliphatic rings. The van der Waals surface area contributed by atoms with Crippen LogP contribution in [0.15, 0.2) is 37.1 Å². The smallest absolute Gasteiger partial charge is 0.243 e. The van der Waals surface area contributed by atoms with Crippen molar-refractivity contribution >= 4 is 28.3 Å². The van der Waals surface area contributed by atoms with Gasteiger partial charge in [0, 0.05) is 36.1 Å². The minimum Gasteiger partial charge on any atom is -0.494 e. The summed E-state index contributed by atoms with van der Waals surface area (Å²) in [6.45, 7) is 9.22. The highest BCUT2D eigenvalue weighted by Crippen LogP contribution is 2.40. The third-order valence-electron chi connectivity index (χ3n) is 7.17. The fourth-order valence-electron chi connectivity index (χ4n) is 5.31. The number of carbonyl (C=O) groups excluding carboxylic acids is 1.